The maximum absolute atomic E-state index is 13.5. The Balaban J connectivity index is 3.48. The highest BCUT2D eigenvalue weighted by atomic mass is 19.3. The van der Waals surface area contributed by atoms with E-state index in [0.717, 1.165) is 14.0 Å². The van der Waals surface area contributed by atoms with Crippen LogP contribution in [-0.2, 0) is 15.5 Å². The third-order valence-electron chi connectivity index (χ3n) is 2.66. The Labute approximate surface area is 109 Å². The number of esters is 1. The predicted octanol–water partition coefficient (Wildman–Crippen LogP) is 2.32. The number of methoxy groups -OCH3 is 2. The van der Waals surface area contributed by atoms with Crippen molar-refractivity contribution in [2.45, 2.75) is 25.9 Å². The van der Waals surface area contributed by atoms with Crippen molar-refractivity contribution >= 4 is 5.97 Å². The number of halogens is 2. The minimum absolute atomic E-state index is 0.0362. The molecule has 0 saturated carbocycles. The molecule has 0 aliphatic carbocycles. The van der Waals surface area contributed by atoms with Crippen molar-refractivity contribution < 1.29 is 28.2 Å². The lowest BCUT2D eigenvalue weighted by Crippen LogP contribution is -2.17. The van der Waals surface area contributed by atoms with Gasteiger partial charge in [-0.1, -0.05) is 0 Å². The second-order valence-electron chi connectivity index (χ2n) is 4.25. The SMILES string of the molecule is COC(=O)C(O)c1cc(C)cc(C(C)(F)F)c1OC. The van der Waals surface area contributed by atoms with E-state index in [9.17, 15) is 18.7 Å². The molecule has 0 bridgehead atoms. The van der Waals surface area contributed by atoms with Gasteiger partial charge in [0.25, 0.3) is 5.92 Å². The standard InChI is InChI=1S/C13H16F2O4/c1-7-5-8(10(16)12(17)19-4)11(18-3)9(6-7)13(2,14)15/h5-6,10,16H,1-4H3. The van der Waals surface area contributed by atoms with Crippen LogP contribution < -0.4 is 4.74 Å². The molecule has 0 aromatic heterocycles. The third-order valence-corrected chi connectivity index (χ3v) is 2.66. The summed E-state index contributed by atoms with van der Waals surface area (Å²) in [5.74, 6) is -4.30. The Kier molecular flexibility index (Phi) is 4.47. The third kappa shape index (κ3) is 3.20. The summed E-state index contributed by atoms with van der Waals surface area (Å²) in [6.45, 7) is 2.31. The van der Waals surface area contributed by atoms with Gasteiger partial charge in [0.15, 0.2) is 6.10 Å². The van der Waals surface area contributed by atoms with E-state index in [1.807, 2.05) is 0 Å². The van der Waals surface area contributed by atoms with Gasteiger partial charge in [0, 0.05) is 12.5 Å². The second-order valence-corrected chi connectivity index (χ2v) is 4.25. The van der Waals surface area contributed by atoms with Crippen LogP contribution in [-0.4, -0.2) is 25.3 Å². The Bertz CT molecular complexity index is 480. The fourth-order valence-corrected chi connectivity index (χ4v) is 1.80. The highest BCUT2D eigenvalue weighted by Gasteiger charge is 2.33. The summed E-state index contributed by atoms with van der Waals surface area (Å²) in [5, 5.41) is 9.82. The molecule has 0 spiro atoms. The van der Waals surface area contributed by atoms with E-state index < -0.39 is 18.0 Å². The molecule has 1 N–H and O–H groups in total. The van der Waals surface area contributed by atoms with E-state index in [2.05, 4.69) is 4.74 Å². The Morgan fingerprint density at radius 1 is 1.37 bits per heavy atom. The number of hydrogen-bond acceptors (Lipinski definition) is 4. The van der Waals surface area contributed by atoms with Gasteiger partial charge in [0.2, 0.25) is 0 Å². The van der Waals surface area contributed by atoms with Crippen molar-refractivity contribution in [1.29, 1.82) is 0 Å². The monoisotopic (exact) mass is 274 g/mol. The minimum atomic E-state index is -3.15. The lowest BCUT2D eigenvalue weighted by molar-refractivity contribution is -0.150. The summed E-state index contributed by atoms with van der Waals surface area (Å²) >= 11 is 0. The normalized spacial score (nSPS) is 13.0. The van der Waals surface area contributed by atoms with Crippen LogP contribution in [0.15, 0.2) is 12.1 Å². The first-order valence-electron chi connectivity index (χ1n) is 5.55. The summed E-state index contributed by atoms with van der Waals surface area (Å²) in [4.78, 5) is 11.3. The van der Waals surface area contributed by atoms with Crippen molar-refractivity contribution in [2.75, 3.05) is 14.2 Å². The Hall–Kier alpha value is -1.69. The zero-order valence-electron chi connectivity index (χ0n) is 11.2. The van der Waals surface area contributed by atoms with Gasteiger partial charge in [-0.05, 0) is 24.6 Å². The van der Waals surface area contributed by atoms with Crippen LogP contribution in [0.1, 0.15) is 29.7 Å². The van der Waals surface area contributed by atoms with Crippen molar-refractivity contribution in [2.24, 2.45) is 0 Å². The summed E-state index contributed by atoms with van der Waals surface area (Å²) in [7, 11) is 2.30. The van der Waals surface area contributed by atoms with Crippen LogP contribution in [0.2, 0.25) is 0 Å². The van der Waals surface area contributed by atoms with Gasteiger partial charge < -0.3 is 14.6 Å². The summed E-state index contributed by atoms with van der Waals surface area (Å²) in [6, 6.07) is 2.67. The van der Waals surface area contributed by atoms with Crippen LogP contribution in [0.5, 0.6) is 5.75 Å². The summed E-state index contributed by atoms with van der Waals surface area (Å²) < 4.78 is 36.4. The first kappa shape index (κ1) is 15.4. The number of aliphatic hydroxyl groups is 1. The fraction of sp³-hybridized carbons (Fsp3) is 0.462. The molecule has 1 aromatic carbocycles. The molecule has 0 heterocycles. The molecule has 0 saturated heterocycles. The van der Waals surface area contributed by atoms with Gasteiger partial charge in [-0.3, -0.25) is 0 Å². The minimum Gasteiger partial charge on any atom is -0.496 e. The number of alkyl halides is 2. The van der Waals surface area contributed by atoms with Gasteiger partial charge in [-0.15, -0.1) is 0 Å². The van der Waals surface area contributed by atoms with Gasteiger partial charge in [-0.25, -0.2) is 13.6 Å². The fourth-order valence-electron chi connectivity index (χ4n) is 1.80. The number of aliphatic hydroxyl groups excluding tert-OH is 1. The van der Waals surface area contributed by atoms with Crippen LogP contribution in [0.3, 0.4) is 0 Å². The summed E-state index contributed by atoms with van der Waals surface area (Å²) in [6.07, 6.45) is -1.67. The van der Waals surface area contributed by atoms with Crippen molar-refractivity contribution in [3.63, 3.8) is 0 Å². The Morgan fingerprint density at radius 3 is 2.37 bits per heavy atom. The largest absolute Gasteiger partial charge is 0.496 e. The van der Waals surface area contributed by atoms with Gasteiger partial charge >= 0.3 is 5.97 Å². The lowest BCUT2D eigenvalue weighted by Gasteiger charge is -2.20. The molecular formula is C13H16F2O4. The van der Waals surface area contributed by atoms with Gasteiger partial charge in [-0.2, -0.15) is 0 Å². The second kappa shape index (κ2) is 5.52. The number of hydrogen-bond donors (Lipinski definition) is 1. The number of aryl methyl sites for hydroxylation is 1. The van der Waals surface area contributed by atoms with Crippen molar-refractivity contribution in [3.8, 4) is 5.75 Å². The molecule has 1 rings (SSSR count). The molecule has 0 aliphatic rings. The van der Waals surface area contributed by atoms with E-state index in [1.165, 1.54) is 19.2 Å². The van der Waals surface area contributed by atoms with E-state index in [1.54, 1.807) is 6.92 Å². The quantitative estimate of drug-likeness (QED) is 0.856. The molecule has 0 radical (unpaired) electrons. The average Bonchev–Trinajstić information content (AvgIpc) is 2.34. The lowest BCUT2D eigenvalue weighted by atomic mass is 9.97. The van der Waals surface area contributed by atoms with Gasteiger partial charge in [0.05, 0.1) is 19.8 Å². The molecule has 4 nitrogen and oxygen atoms in total. The first-order valence-corrected chi connectivity index (χ1v) is 5.55. The number of rotatable bonds is 4. The summed E-state index contributed by atoms with van der Waals surface area (Å²) in [5.41, 5.74) is 0.0640. The number of carbonyl (C=O) groups excluding carboxylic acids is 1. The zero-order chi connectivity index (χ0) is 14.8. The predicted molar refractivity (Wildman–Crippen MR) is 64.3 cm³/mol. The smallest absolute Gasteiger partial charge is 0.339 e. The van der Waals surface area contributed by atoms with E-state index >= 15 is 0 Å². The molecule has 0 amide bonds. The first-order chi connectivity index (χ1) is 8.72. The molecule has 0 fully saturated rings. The molecule has 6 heteroatoms. The van der Waals surface area contributed by atoms with Crippen LogP contribution in [0.4, 0.5) is 8.78 Å². The topological polar surface area (TPSA) is 55.8 Å². The molecular weight excluding hydrogens is 258 g/mol. The number of ether oxygens (including phenoxy) is 2. The van der Waals surface area contributed by atoms with E-state index in [0.29, 0.717) is 5.56 Å². The highest BCUT2D eigenvalue weighted by molar-refractivity contribution is 5.77. The molecule has 106 valence electrons. The maximum Gasteiger partial charge on any atom is 0.339 e. The van der Waals surface area contributed by atoms with Crippen LogP contribution >= 0.6 is 0 Å². The molecule has 19 heavy (non-hydrogen) atoms. The van der Waals surface area contributed by atoms with Crippen LogP contribution in [0, 0.1) is 6.92 Å². The molecule has 0 aliphatic heterocycles. The van der Waals surface area contributed by atoms with Crippen molar-refractivity contribution in [1.82, 2.24) is 0 Å². The van der Waals surface area contributed by atoms with Crippen molar-refractivity contribution in [3.05, 3.63) is 28.8 Å². The molecule has 1 aromatic rings. The van der Waals surface area contributed by atoms with E-state index in [-0.39, 0.29) is 16.9 Å². The number of benzene rings is 1. The maximum atomic E-state index is 13.5. The zero-order valence-corrected chi connectivity index (χ0v) is 11.2. The van der Waals surface area contributed by atoms with Crippen LogP contribution in [0.25, 0.3) is 0 Å². The van der Waals surface area contributed by atoms with E-state index in [4.69, 9.17) is 4.74 Å². The molecule has 1 atom stereocenters. The number of carbonyl (C=O) groups is 1. The average molecular weight is 274 g/mol. The Morgan fingerprint density at radius 2 is 1.95 bits per heavy atom. The van der Waals surface area contributed by atoms with Gasteiger partial charge in [0.1, 0.15) is 5.75 Å². The molecule has 1 unspecified atom stereocenters. The highest BCUT2D eigenvalue weighted by Crippen LogP contribution is 2.39.